The predicted molar refractivity (Wildman–Crippen MR) is 137 cm³/mol. The molecule has 0 radical (unpaired) electrons. The molecule has 1 saturated heterocycles. The first kappa shape index (κ1) is 23.2. The molecule has 3 aromatic heterocycles. The van der Waals surface area contributed by atoms with Crippen molar-refractivity contribution in [3.8, 4) is 11.3 Å². The van der Waals surface area contributed by atoms with Crippen molar-refractivity contribution in [2.45, 2.75) is 6.42 Å². The molecule has 5 rings (SSSR count). The molecule has 184 valence electrons. The lowest BCUT2D eigenvalue weighted by atomic mass is 10.1. The van der Waals surface area contributed by atoms with E-state index >= 15 is 0 Å². The van der Waals surface area contributed by atoms with Crippen LogP contribution >= 0.6 is 0 Å². The highest BCUT2D eigenvalue weighted by molar-refractivity contribution is 5.77. The van der Waals surface area contributed by atoms with Crippen LogP contribution in [0.2, 0.25) is 0 Å². The zero-order chi connectivity index (χ0) is 24.4. The van der Waals surface area contributed by atoms with Crippen molar-refractivity contribution >= 4 is 29.2 Å². The molecule has 35 heavy (non-hydrogen) atoms. The number of aromatic nitrogens is 5. The number of rotatable bonds is 7. The van der Waals surface area contributed by atoms with Gasteiger partial charge in [0.2, 0.25) is 11.9 Å². The number of anilines is 5. The average molecular weight is 477 g/mol. The Morgan fingerprint density at radius 3 is 2.51 bits per heavy atom. The number of likely N-dealkylation sites (N-methyl/N-ethyl adjacent to an activating group) is 2. The Kier molecular flexibility index (Phi) is 6.60. The van der Waals surface area contributed by atoms with Crippen LogP contribution in [0.4, 0.5) is 29.2 Å². The standard InChI is InChI=1S/C24H32N10O/c1-31(2)8-9-32(3)20-14-18(4-6-26-20)34-7-5-19-21(17-15-27-23(25)28-16-17)29-24(30-22(19)34)33-10-12-35-13-11-33/h4,6,14-16H,5,7-13H2,1-3H3,(H2,25,27,28). The molecular weight excluding hydrogens is 444 g/mol. The first-order chi connectivity index (χ1) is 17.0. The van der Waals surface area contributed by atoms with Crippen LogP contribution < -0.4 is 20.4 Å². The molecule has 0 aliphatic carbocycles. The Bertz CT molecular complexity index is 1160. The van der Waals surface area contributed by atoms with Crippen molar-refractivity contribution in [2.24, 2.45) is 0 Å². The molecule has 0 saturated carbocycles. The zero-order valence-corrected chi connectivity index (χ0v) is 20.6. The molecule has 0 atom stereocenters. The van der Waals surface area contributed by atoms with Gasteiger partial charge in [-0.15, -0.1) is 0 Å². The number of ether oxygens (including phenoxy) is 1. The molecule has 11 heteroatoms. The van der Waals surface area contributed by atoms with Crippen LogP contribution in [-0.2, 0) is 11.2 Å². The van der Waals surface area contributed by atoms with Crippen LogP contribution in [-0.4, -0.2) is 96.9 Å². The number of nitrogen functional groups attached to an aromatic ring is 1. The maximum absolute atomic E-state index is 5.74. The molecule has 1 fully saturated rings. The van der Waals surface area contributed by atoms with E-state index in [1.165, 1.54) is 0 Å². The van der Waals surface area contributed by atoms with Crippen LogP contribution in [0.25, 0.3) is 11.3 Å². The van der Waals surface area contributed by atoms with Crippen LogP contribution in [0.15, 0.2) is 30.7 Å². The summed E-state index contributed by atoms with van der Waals surface area (Å²) in [5.41, 5.74) is 9.60. The maximum Gasteiger partial charge on any atom is 0.228 e. The maximum atomic E-state index is 5.74. The molecule has 0 amide bonds. The Balaban J connectivity index is 1.53. The summed E-state index contributed by atoms with van der Waals surface area (Å²) in [6.45, 7) is 5.50. The second-order valence-electron chi connectivity index (χ2n) is 9.10. The van der Waals surface area contributed by atoms with Gasteiger partial charge in [-0.05, 0) is 26.6 Å². The first-order valence-electron chi connectivity index (χ1n) is 11.9. The van der Waals surface area contributed by atoms with Gasteiger partial charge in [-0.1, -0.05) is 0 Å². The first-order valence-corrected chi connectivity index (χ1v) is 11.9. The molecule has 11 nitrogen and oxygen atoms in total. The normalized spacial score (nSPS) is 15.5. The van der Waals surface area contributed by atoms with Gasteiger partial charge in [0.25, 0.3) is 0 Å². The van der Waals surface area contributed by atoms with Gasteiger partial charge >= 0.3 is 0 Å². The minimum Gasteiger partial charge on any atom is -0.378 e. The zero-order valence-electron chi connectivity index (χ0n) is 20.6. The summed E-state index contributed by atoms with van der Waals surface area (Å²) < 4.78 is 5.55. The quantitative estimate of drug-likeness (QED) is 0.534. The van der Waals surface area contributed by atoms with Crippen LogP contribution in [0.3, 0.4) is 0 Å². The Hall–Kier alpha value is -3.57. The lowest BCUT2D eigenvalue weighted by molar-refractivity contribution is 0.122. The molecule has 3 aromatic rings. The minimum atomic E-state index is 0.247. The Morgan fingerprint density at radius 1 is 1.00 bits per heavy atom. The number of hydrogen-bond donors (Lipinski definition) is 1. The molecule has 2 N–H and O–H groups in total. The lowest BCUT2D eigenvalue weighted by Crippen LogP contribution is -2.37. The highest BCUT2D eigenvalue weighted by atomic mass is 16.5. The summed E-state index contributed by atoms with van der Waals surface area (Å²) in [5.74, 6) is 2.80. The second kappa shape index (κ2) is 9.96. The topological polar surface area (TPSA) is 113 Å². The number of fused-ring (bicyclic) bond motifs is 1. The van der Waals surface area contributed by atoms with E-state index < -0.39 is 0 Å². The van der Waals surface area contributed by atoms with Gasteiger partial charge in [-0.3, -0.25) is 0 Å². The fourth-order valence-electron chi connectivity index (χ4n) is 4.35. The number of morpholine rings is 1. The number of nitrogens with two attached hydrogens (primary N) is 1. The molecule has 0 spiro atoms. The van der Waals surface area contributed by atoms with Crippen LogP contribution in [0.1, 0.15) is 5.56 Å². The third-order valence-electron chi connectivity index (χ3n) is 6.37. The Morgan fingerprint density at radius 2 is 1.77 bits per heavy atom. The van der Waals surface area contributed by atoms with Gasteiger partial charge in [-0.2, -0.15) is 4.98 Å². The van der Waals surface area contributed by atoms with E-state index in [0.29, 0.717) is 19.2 Å². The van der Waals surface area contributed by atoms with Crippen LogP contribution in [0.5, 0.6) is 0 Å². The summed E-state index contributed by atoms with van der Waals surface area (Å²) in [5, 5.41) is 0. The molecule has 5 heterocycles. The van der Waals surface area contributed by atoms with Gasteiger partial charge in [0, 0.05) is 81.2 Å². The highest BCUT2D eigenvalue weighted by Crippen LogP contribution is 2.39. The van der Waals surface area contributed by atoms with E-state index in [1.54, 1.807) is 12.4 Å². The second-order valence-corrected chi connectivity index (χ2v) is 9.10. The van der Waals surface area contributed by atoms with Gasteiger partial charge < -0.3 is 30.1 Å². The summed E-state index contributed by atoms with van der Waals surface area (Å²) >= 11 is 0. The minimum absolute atomic E-state index is 0.247. The molecule has 0 aromatic carbocycles. The molecule has 2 aliphatic heterocycles. The van der Waals surface area contributed by atoms with E-state index in [0.717, 1.165) is 73.3 Å². The fourth-order valence-corrected chi connectivity index (χ4v) is 4.35. The summed E-state index contributed by atoms with van der Waals surface area (Å²) in [6.07, 6.45) is 6.17. The van der Waals surface area contributed by atoms with Crippen molar-refractivity contribution in [1.82, 2.24) is 29.8 Å². The monoisotopic (exact) mass is 476 g/mol. The van der Waals surface area contributed by atoms with E-state index in [9.17, 15) is 0 Å². The molecule has 0 unspecified atom stereocenters. The van der Waals surface area contributed by atoms with Crippen molar-refractivity contribution in [1.29, 1.82) is 0 Å². The fraction of sp³-hybridized carbons (Fsp3) is 0.458. The van der Waals surface area contributed by atoms with Crippen molar-refractivity contribution < 1.29 is 4.74 Å². The number of nitrogens with zero attached hydrogens (tertiary/aromatic N) is 9. The third kappa shape index (κ3) is 4.96. The van der Waals surface area contributed by atoms with Crippen molar-refractivity contribution in [3.05, 3.63) is 36.3 Å². The van der Waals surface area contributed by atoms with Gasteiger partial charge in [0.1, 0.15) is 11.6 Å². The van der Waals surface area contributed by atoms with E-state index in [-0.39, 0.29) is 5.95 Å². The summed E-state index contributed by atoms with van der Waals surface area (Å²) in [7, 11) is 6.23. The van der Waals surface area contributed by atoms with Crippen molar-refractivity contribution in [3.63, 3.8) is 0 Å². The van der Waals surface area contributed by atoms with Crippen molar-refractivity contribution in [2.75, 3.05) is 87.5 Å². The summed E-state index contributed by atoms with van der Waals surface area (Å²) in [6, 6.07) is 4.17. The highest BCUT2D eigenvalue weighted by Gasteiger charge is 2.29. The number of pyridine rings is 1. The largest absolute Gasteiger partial charge is 0.378 e. The van der Waals surface area contributed by atoms with Gasteiger partial charge in [-0.25, -0.2) is 19.9 Å². The SMILES string of the molecule is CN(C)CCN(C)c1cc(N2CCc3c(-c4cnc(N)nc4)nc(N4CCOCC4)nc32)ccn1. The third-order valence-corrected chi connectivity index (χ3v) is 6.37. The molecular formula is C24H32N10O. The Labute approximate surface area is 205 Å². The predicted octanol–water partition coefficient (Wildman–Crippen LogP) is 1.44. The van der Waals surface area contributed by atoms with E-state index in [2.05, 4.69) is 61.8 Å². The van der Waals surface area contributed by atoms with Gasteiger partial charge in [0.05, 0.1) is 18.9 Å². The smallest absolute Gasteiger partial charge is 0.228 e. The number of hydrogen-bond acceptors (Lipinski definition) is 11. The van der Waals surface area contributed by atoms with E-state index in [4.69, 9.17) is 20.4 Å². The van der Waals surface area contributed by atoms with Gasteiger partial charge in [0.15, 0.2) is 0 Å². The molecule has 2 aliphatic rings. The summed E-state index contributed by atoms with van der Waals surface area (Å²) in [4.78, 5) is 31.8. The van der Waals surface area contributed by atoms with E-state index in [1.807, 2.05) is 12.3 Å². The lowest BCUT2D eigenvalue weighted by Gasteiger charge is -2.28. The average Bonchev–Trinajstić information content (AvgIpc) is 3.32. The van der Waals surface area contributed by atoms with Crippen LogP contribution in [0, 0.1) is 0 Å². The molecule has 0 bridgehead atoms.